The maximum atomic E-state index is 4.81. The number of nitrogens with zero attached hydrogens (tertiary/aromatic N) is 2. The van der Waals surface area contributed by atoms with Crippen molar-refractivity contribution in [2.45, 2.75) is 33.2 Å². The van der Waals surface area contributed by atoms with Crippen LogP contribution in [-0.2, 0) is 6.54 Å². The predicted octanol–water partition coefficient (Wildman–Crippen LogP) is 3.90. The minimum absolute atomic E-state index is 0.876. The van der Waals surface area contributed by atoms with E-state index in [1.165, 1.54) is 36.9 Å². The Labute approximate surface area is 127 Å². The molecule has 1 N–H and O–H groups in total. The summed E-state index contributed by atoms with van der Waals surface area (Å²) in [6.45, 7) is 8.80. The molecule has 0 saturated carbocycles. The van der Waals surface area contributed by atoms with Crippen molar-refractivity contribution in [2.75, 3.05) is 25.0 Å². The van der Waals surface area contributed by atoms with Crippen LogP contribution in [0.15, 0.2) is 30.3 Å². The molecule has 3 heteroatoms. The van der Waals surface area contributed by atoms with Crippen LogP contribution in [0.3, 0.4) is 0 Å². The fraction of sp³-hybridized carbons (Fsp3) is 0.500. The van der Waals surface area contributed by atoms with Gasteiger partial charge < -0.3 is 5.32 Å². The van der Waals surface area contributed by atoms with Crippen LogP contribution in [0.25, 0.3) is 10.9 Å². The average Bonchev–Trinajstić information content (AvgIpc) is 2.96. The number of anilines is 1. The first-order chi connectivity index (χ1) is 10.3. The molecule has 0 aliphatic carbocycles. The van der Waals surface area contributed by atoms with Gasteiger partial charge in [-0.25, -0.2) is 4.98 Å². The van der Waals surface area contributed by atoms with Crippen molar-refractivity contribution in [2.24, 2.45) is 5.92 Å². The van der Waals surface area contributed by atoms with Crippen LogP contribution in [0.1, 0.15) is 32.3 Å². The summed E-state index contributed by atoms with van der Waals surface area (Å²) in [5.74, 6) is 1.93. The van der Waals surface area contributed by atoms with Crippen molar-refractivity contribution in [1.29, 1.82) is 0 Å². The van der Waals surface area contributed by atoms with Gasteiger partial charge in [-0.15, -0.1) is 0 Å². The highest BCUT2D eigenvalue weighted by atomic mass is 15.1. The maximum absolute atomic E-state index is 4.81. The number of nitrogens with one attached hydrogen (secondary N) is 1. The molecule has 2 aromatic rings. The lowest BCUT2D eigenvalue weighted by molar-refractivity contribution is 0.315. The van der Waals surface area contributed by atoms with E-state index < -0.39 is 0 Å². The second-order valence-electron chi connectivity index (χ2n) is 6.02. The lowest BCUT2D eigenvalue weighted by atomic mass is 10.1. The highest BCUT2D eigenvalue weighted by Gasteiger charge is 2.22. The number of benzene rings is 1. The summed E-state index contributed by atoms with van der Waals surface area (Å²) in [5.41, 5.74) is 2.40. The van der Waals surface area contributed by atoms with E-state index in [0.29, 0.717) is 0 Å². The smallest absolute Gasteiger partial charge is 0.131 e. The summed E-state index contributed by atoms with van der Waals surface area (Å²) in [6, 6.07) is 10.7. The van der Waals surface area contributed by atoms with E-state index in [0.717, 1.165) is 30.3 Å². The van der Waals surface area contributed by atoms with E-state index in [9.17, 15) is 0 Å². The second kappa shape index (κ2) is 6.44. The predicted molar refractivity (Wildman–Crippen MR) is 89.6 cm³/mol. The Bertz CT molecular complexity index is 608. The molecule has 3 rings (SSSR count). The summed E-state index contributed by atoms with van der Waals surface area (Å²) in [7, 11) is 0. The molecule has 1 fully saturated rings. The van der Waals surface area contributed by atoms with Gasteiger partial charge in [0.15, 0.2) is 0 Å². The van der Waals surface area contributed by atoms with E-state index in [2.05, 4.69) is 54.4 Å². The summed E-state index contributed by atoms with van der Waals surface area (Å²) >= 11 is 0. The zero-order valence-corrected chi connectivity index (χ0v) is 13.1. The Balaban J connectivity index is 1.87. The molecule has 0 spiro atoms. The van der Waals surface area contributed by atoms with Gasteiger partial charge in [-0.1, -0.05) is 31.5 Å². The van der Waals surface area contributed by atoms with Gasteiger partial charge >= 0.3 is 0 Å². The SMILES string of the molecule is CCNc1nc2ccccc2cc1CN1CCC(CC)C1. The highest BCUT2D eigenvalue weighted by Crippen LogP contribution is 2.25. The fourth-order valence-corrected chi connectivity index (χ4v) is 3.23. The van der Waals surface area contributed by atoms with E-state index in [-0.39, 0.29) is 0 Å². The van der Waals surface area contributed by atoms with Gasteiger partial charge in [0, 0.05) is 30.6 Å². The number of rotatable bonds is 5. The third-order valence-electron chi connectivity index (χ3n) is 4.49. The monoisotopic (exact) mass is 283 g/mol. The van der Waals surface area contributed by atoms with Gasteiger partial charge in [0.05, 0.1) is 5.52 Å². The van der Waals surface area contributed by atoms with Crippen molar-refractivity contribution in [3.63, 3.8) is 0 Å². The molecule has 0 amide bonds. The quantitative estimate of drug-likeness (QED) is 0.902. The summed E-state index contributed by atoms with van der Waals surface area (Å²) < 4.78 is 0. The largest absolute Gasteiger partial charge is 0.370 e. The summed E-state index contributed by atoms with van der Waals surface area (Å²) in [6.07, 6.45) is 2.64. The summed E-state index contributed by atoms with van der Waals surface area (Å²) in [5, 5.41) is 4.67. The van der Waals surface area contributed by atoms with Crippen LogP contribution in [0.5, 0.6) is 0 Å². The number of hydrogen-bond donors (Lipinski definition) is 1. The number of fused-ring (bicyclic) bond motifs is 1. The van der Waals surface area contributed by atoms with E-state index in [1.54, 1.807) is 0 Å². The summed E-state index contributed by atoms with van der Waals surface area (Å²) in [4.78, 5) is 7.38. The van der Waals surface area contributed by atoms with Crippen molar-refractivity contribution < 1.29 is 0 Å². The molecular weight excluding hydrogens is 258 g/mol. The zero-order valence-electron chi connectivity index (χ0n) is 13.1. The molecule has 1 aromatic heterocycles. The van der Waals surface area contributed by atoms with Crippen LogP contribution in [0.2, 0.25) is 0 Å². The molecule has 112 valence electrons. The number of para-hydroxylation sites is 1. The third kappa shape index (κ3) is 3.18. The van der Waals surface area contributed by atoms with Gasteiger partial charge in [0.1, 0.15) is 5.82 Å². The topological polar surface area (TPSA) is 28.2 Å². The Morgan fingerprint density at radius 1 is 1.29 bits per heavy atom. The van der Waals surface area contributed by atoms with Crippen molar-refractivity contribution in [1.82, 2.24) is 9.88 Å². The Kier molecular flexibility index (Phi) is 4.39. The molecule has 0 radical (unpaired) electrons. The first-order valence-electron chi connectivity index (χ1n) is 8.15. The van der Waals surface area contributed by atoms with Crippen LogP contribution >= 0.6 is 0 Å². The van der Waals surface area contributed by atoms with E-state index in [1.807, 2.05) is 0 Å². The molecule has 3 nitrogen and oxygen atoms in total. The number of aromatic nitrogens is 1. The fourth-order valence-electron chi connectivity index (χ4n) is 3.23. The van der Waals surface area contributed by atoms with Crippen LogP contribution < -0.4 is 5.32 Å². The Morgan fingerprint density at radius 2 is 2.14 bits per heavy atom. The van der Waals surface area contributed by atoms with Gasteiger partial charge in [0.25, 0.3) is 0 Å². The molecule has 1 atom stereocenters. The van der Waals surface area contributed by atoms with Gasteiger partial charge in [0.2, 0.25) is 0 Å². The molecule has 1 aromatic carbocycles. The molecule has 1 aliphatic rings. The van der Waals surface area contributed by atoms with Crippen molar-refractivity contribution >= 4 is 16.7 Å². The zero-order chi connectivity index (χ0) is 14.7. The first-order valence-corrected chi connectivity index (χ1v) is 8.15. The maximum Gasteiger partial charge on any atom is 0.131 e. The molecule has 21 heavy (non-hydrogen) atoms. The van der Waals surface area contributed by atoms with E-state index in [4.69, 9.17) is 4.98 Å². The standard InChI is InChI=1S/C18H25N3/c1-3-14-9-10-21(12-14)13-16-11-15-7-5-6-8-17(15)20-18(16)19-4-2/h5-8,11,14H,3-4,9-10,12-13H2,1-2H3,(H,19,20). The molecular formula is C18H25N3. The van der Waals surface area contributed by atoms with Gasteiger partial charge in [-0.3, -0.25) is 4.90 Å². The lowest BCUT2D eigenvalue weighted by Gasteiger charge is -2.19. The molecule has 1 unspecified atom stereocenters. The number of hydrogen-bond acceptors (Lipinski definition) is 3. The molecule has 1 aliphatic heterocycles. The van der Waals surface area contributed by atoms with E-state index >= 15 is 0 Å². The van der Waals surface area contributed by atoms with Crippen LogP contribution in [0.4, 0.5) is 5.82 Å². The minimum Gasteiger partial charge on any atom is -0.370 e. The average molecular weight is 283 g/mol. The molecule has 1 saturated heterocycles. The minimum atomic E-state index is 0.876. The first kappa shape index (κ1) is 14.3. The van der Waals surface area contributed by atoms with Crippen molar-refractivity contribution in [3.05, 3.63) is 35.9 Å². The van der Waals surface area contributed by atoms with Crippen LogP contribution in [-0.4, -0.2) is 29.5 Å². The number of likely N-dealkylation sites (tertiary alicyclic amines) is 1. The molecule has 0 bridgehead atoms. The van der Waals surface area contributed by atoms with Gasteiger partial charge in [-0.05, 0) is 37.9 Å². The molecule has 2 heterocycles. The Hall–Kier alpha value is -1.61. The van der Waals surface area contributed by atoms with Gasteiger partial charge in [-0.2, -0.15) is 0 Å². The Morgan fingerprint density at radius 3 is 2.90 bits per heavy atom. The highest BCUT2D eigenvalue weighted by molar-refractivity contribution is 5.81. The normalized spacial score (nSPS) is 19.2. The third-order valence-corrected chi connectivity index (χ3v) is 4.49. The number of pyridine rings is 1. The van der Waals surface area contributed by atoms with Crippen molar-refractivity contribution in [3.8, 4) is 0 Å². The second-order valence-corrected chi connectivity index (χ2v) is 6.02. The lowest BCUT2D eigenvalue weighted by Crippen LogP contribution is -2.21. The van der Waals surface area contributed by atoms with Crippen LogP contribution in [0, 0.1) is 5.92 Å².